The first-order valence-corrected chi connectivity index (χ1v) is 7.36. The maximum atomic E-state index is 11.5. The highest BCUT2D eigenvalue weighted by atomic mass is 35.7. The van der Waals surface area contributed by atoms with Crippen LogP contribution in [0.3, 0.4) is 0 Å². The average molecular weight is 277 g/mol. The molecule has 0 atom stereocenters. The number of benzene rings is 1. The molecular weight excluding hydrogens is 264 g/mol. The van der Waals surface area contributed by atoms with Gasteiger partial charge in [-0.3, -0.25) is 0 Å². The molecule has 0 fully saturated rings. The van der Waals surface area contributed by atoms with Crippen LogP contribution in [0.25, 0.3) is 0 Å². The van der Waals surface area contributed by atoms with Crippen LogP contribution < -0.4 is 9.47 Å². The van der Waals surface area contributed by atoms with Gasteiger partial charge in [-0.05, 0) is 6.07 Å². The van der Waals surface area contributed by atoms with Gasteiger partial charge in [0, 0.05) is 27.7 Å². The van der Waals surface area contributed by atoms with Crippen molar-refractivity contribution < 1.29 is 17.9 Å². The number of halogens is 1. The maximum absolute atomic E-state index is 11.5. The average Bonchev–Trinajstić information content (AvgIpc) is 2.51. The second kappa shape index (κ2) is 3.78. The Labute approximate surface area is 105 Å². The molecule has 0 N–H and O–H groups in total. The largest absolute Gasteiger partial charge is 0.495 e. The topological polar surface area (TPSA) is 52.6 Å². The number of fused-ring (bicyclic) bond motifs is 1. The van der Waals surface area contributed by atoms with Crippen molar-refractivity contribution in [2.24, 2.45) is 0 Å². The van der Waals surface area contributed by atoms with E-state index in [9.17, 15) is 8.42 Å². The van der Waals surface area contributed by atoms with Gasteiger partial charge in [0.05, 0.1) is 13.7 Å². The van der Waals surface area contributed by atoms with Gasteiger partial charge in [0.15, 0.2) is 0 Å². The molecule has 2 rings (SSSR count). The lowest BCUT2D eigenvalue weighted by Crippen LogP contribution is -2.18. The van der Waals surface area contributed by atoms with E-state index in [2.05, 4.69) is 0 Å². The van der Waals surface area contributed by atoms with E-state index < -0.39 is 9.05 Å². The van der Waals surface area contributed by atoms with Crippen molar-refractivity contribution in [1.29, 1.82) is 0 Å². The van der Waals surface area contributed by atoms with Gasteiger partial charge in [0.25, 0.3) is 9.05 Å². The molecule has 0 aromatic heterocycles. The van der Waals surface area contributed by atoms with Crippen molar-refractivity contribution in [3.05, 3.63) is 17.7 Å². The number of rotatable bonds is 2. The third-order valence-corrected chi connectivity index (χ3v) is 4.19. The van der Waals surface area contributed by atoms with Crippen molar-refractivity contribution in [3.63, 3.8) is 0 Å². The summed E-state index contributed by atoms with van der Waals surface area (Å²) in [6, 6.07) is 3.10. The summed E-state index contributed by atoms with van der Waals surface area (Å²) in [5.41, 5.74) is 0.607. The first-order valence-electron chi connectivity index (χ1n) is 5.06. The summed E-state index contributed by atoms with van der Waals surface area (Å²) >= 11 is 0. The third kappa shape index (κ3) is 2.09. The molecule has 94 valence electrons. The Balaban J connectivity index is 2.71. The Bertz CT molecular complexity index is 563. The van der Waals surface area contributed by atoms with Crippen LogP contribution in [-0.2, 0) is 14.5 Å². The highest BCUT2D eigenvalue weighted by Gasteiger charge is 2.34. The fourth-order valence-electron chi connectivity index (χ4n) is 1.88. The van der Waals surface area contributed by atoms with Gasteiger partial charge in [-0.1, -0.05) is 13.8 Å². The number of ether oxygens (including phenoxy) is 2. The molecule has 0 spiro atoms. The lowest BCUT2D eigenvalue weighted by molar-refractivity contribution is 0.290. The molecule has 0 radical (unpaired) electrons. The van der Waals surface area contributed by atoms with E-state index >= 15 is 0 Å². The molecule has 1 heterocycles. The van der Waals surface area contributed by atoms with E-state index in [1.165, 1.54) is 13.2 Å². The van der Waals surface area contributed by atoms with Gasteiger partial charge in [-0.15, -0.1) is 0 Å². The fourth-order valence-corrected chi connectivity index (χ4v) is 2.88. The SMILES string of the molecule is COc1cc2c(cc1S(=O)(=O)Cl)C(C)(C)CO2. The molecule has 17 heavy (non-hydrogen) atoms. The van der Waals surface area contributed by atoms with Crippen LogP contribution >= 0.6 is 10.7 Å². The Kier molecular flexibility index (Phi) is 2.78. The quantitative estimate of drug-likeness (QED) is 0.778. The third-order valence-electron chi connectivity index (χ3n) is 2.85. The van der Waals surface area contributed by atoms with Crippen LogP contribution in [0.4, 0.5) is 0 Å². The van der Waals surface area contributed by atoms with E-state index in [1.807, 2.05) is 13.8 Å². The molecular formula is C11H13ClO4S. The molecule has 0 bridgehead atoms. The van der Waals surface area contributed by atoms with Crippen molar-refractivity contribution in [2.45, 2.75) is 24.2 Å². The first kappa shape index (κ1) is 12.5. The number of hydrogen-bond acceptors (Lipinski definition) is 4. The minimum Gasteiger partial charge on any atom is -0.495 e. The predicted octanol–water partition coefficient (Wildman–Crippen LogP) is 2.29. The fraction of sp³-hybridized carbons (Fsp3) is 0.455. The monoisotopic (exact) mass is 276 g/mol. The summed E-state index contributed by atoms with van der Waals surface area (Å²) in [6.45, 7) is 4.48. The zero-order valence-corrected chi connectivity index (χ0v) is 11.4. The summed E-state index contributed by atoms with van der Waals surface area (Å²) in [4.78, 5) is -0.0148. The van der Waals surface area contributed by atoms with Crippen molar-refractivity contribution in [3.8, 4) is 11.5 Å². The van der Waals surface area contributed by atoms with E-state index in [4.69, 9.17) is 20.2 Å². The van der Waals surface area contributed by atoms with E-state index in [-0.39, 0.29) is 16.1 Å². The van der Waals surface area contributed by atoms with E-state index in [0.29, 0.717) is 12.4 Å². The number of hydrogen-bond donors (Lipinski definition) is 0. The Morgan fingerprint density at radius 1 is 1.41 bits per heavy atom. The Morgan fingerprint density at radius 3 is 2.59 bits per heavy atom. The molecule has 0 saturated carbocycles. The first-order chi connectivity index (χ1) is 7.75. The van der Waals surface area contributed by atoms with Crippen LogP contribution in [0.5, 0.6) is 11.5 Å². The summed E-state index contributed by atoms with van der Waals surface area (Å²) in [5.74, 6) is 0.854. The minimum atomic E-state index is -3.83. The van der Waals surface area contributed by atoms with Gasteiger partial charge in [0.2, 0.25) is 0 Å². The number of methoxy groups -OCH3 is 1. The van der Waals surface area contributed by atoms with Crippen molar-refractivity contribution in [1.82, 2.24) is 0 Å². The predicted molar refractivity (Wildman–Crippen MR) is 64.6 cm³/mol. The van der Waals surface area contributed by atoms with Crippen molar-refractivity contribution in [2.75, 3.05) is 13.7 Å². The van der Waals surface area contributed by atoms with E-state index in [1.54, 1.807) is 6.07 Å². The maximum Gasteiger partial charge on any atom is 0.264 e. The summed E-state index contributed by atoms with van der Waals surface area (Å²) in [7, 11) is 2.96. The highest BCUT2D eigenvalue weighted by molar-refractivity contribution is 8.13. The van der Waals surface area contributed by atoms with Gasteiger partial charge < -0.3 is 9.47 Å². The zero-order chi connectivity index (χ0) is 12.8. The molecule has 0 aliphatic carbocycles. The lowest BCUT2D eigenvalue weighted by atomic mass is 9.87. The van der Waals surface area contributed by atoms with Crippen LogP contribution in [0.2, 0.25) is 0 Å². The molecule has 1 aromatic carbocycles. The van der Waals surface area contributed by atoms with Gasteiger partial charge in [-0.2, -0.15) is 0 Å². The molecule has 0 unspecified atom stereocenters. The Morgan fingerprint density at radius 2 is 2.06 bits per heavy atom. The summed E-state index contributed by atoms with van der Waals surface area (Å²) < 4.78 is 33.5. The van der Waals surface area contributed by atoms with Gasteiger partial charge in [-0.25, -0.2) is 8.42 Å². The molecule has 0 amide bonds. The summed E-state index contributed by atoms with van der Waals surface area (Å²) in [6.07, 6.45) is 0. The lowest BCUT2D eigenvalue weighted by Gasteiger charge is -2.16. The zero-order valence-electron chi connectivity index (χ0n) is 9.78. The standard InChI is InChI=1S/C11H13ClO4S/c1-11(2)6-16-8-5-9(15-3)10(4-7(8)11)17(12,13)14/h4-5H,6H2,1-3H3. The smallest absolute Gasteiger partial charge is 0.264 e. The van der Waals surface area contributed by atoms with Crippen molar-refractivity contribution >= 4 is 19.7 Å². The van der Waals surface area contributed by atoms with Crippen LogP contribution in [0.15, 0.2) is 17.0 Å². The molecule has 1 aromatic rings. The minimum absolute atomic E-state index is 0.0148. The summed E-state index contributed by atoms with van der Waals surface area (Å²) in [5, 5.41) is 0. The molecule has 0 saturated heterocycles. The second-order valence-corrected chi connectivity index (χ2v) is 7.14. The molecule has 6 heteroatoms. The molecule has 4 nitrogen and oxygen atoms in total. The van der Waals surface area contributed by atoms with Gasteiger partial charge >= 0.3 is 0 Å². The highest BCUT2D eigenvalue weighted by Crippen LogP contribution is 2.43. The van der Waals surface area contributed by atoms with E-state index in [0.717, 1.165) is 5.56 Å². The van der Waals surface area contributed by atoms with Crippen LogP contribution in [-0.4, -0.2) is 22.1 Å². The second-order valence-electron chi connectivity index (χ2n) is 4.61. The van der Waals surface area contributed by atoms with Gasteiger partial charge in [0.1, 0.15) is 16.4 Å². The Hall–Kier alpha value is -0.940. The molecule has 1 aliphatic rings. The normalized spacial score (nSPS) is 17.4. The van der Waals surface area contributed by atoms with Crippen LogP contribution in [0, 0.1) is 0 Å². The van der Waals surface area contributed by atoms with Crippen LogP contribution in [0.1, 0.15) is 19.4 Å². The molecule has 1 aliphatic heterocycles.